The molecule has 0 saturated carbocycles. The molecule has 24 heavy (non-hydrogen) atoms. The minimum atomic E-state index is -3.64. The van der Waals surface area contributed by atoms with Crippen LogP contribution in [0, 0.1) is 6.92 Å². The largest absolute Gasteiger partial charge is 0.256 e. The van der Waals surface area contributed by atoms with Crippen LogP contribution >= 0.6 is 0 Å². The van der Waals surface area contributed by atoms with Crippen molar-refractivity contribution in [2.45, 2.75) is 24.8 Å². The smallest absolute Gasteiger partial charge is 0.244 e. The summed E-state index contributed by atoms with van der Waals surface area (Å²) < 4.78 is 27.8. The molecule has 1 unspecified atom stereocenters. The molecule has 3 rings (SSSR count). The van der Waals surface area contributed by atoms with E-state index in [1.807, 2.05) is 56.3 Å². The Hall–Kier alpha value is -2.24. The molecule has 0 aliphatic rings. The van der Waals surface area contributed by atoms with Gasteiger partial charge in [0.2, 0.25) is 10.0 Å². The van der Waals surface area contributed by atoms with Crippen LogP contribution in [0.2, 0.25) is 0 Å². The van der Waals surface area contributed by atoms with Crippen LogP contribution < -0.4 is 0 Å². The number of pyridine rings is 1. The maximum absolute atomic E-state index is 13.2. The first-order valence-electron chi connectivity index (χ1n) is 7.80. The first-order valence-corrected chi connectivity index (χ1v) is 9.24. The van der Waals surface area contributed by atoms with Crippen LogP contribution in [-0.2, 0) is 10.0 Å². The lowest BCUT2D eigenvalue weighted by Crippen LogP contribution is -2.30. The molecule has 0 fully saturated rings. The molecule has 124 valence electrons. The van der Waals surface area contributed by atoms with Gasteiger partial charge in [-0.1, -0.05) is 36.4 Å². The normalized spacial score (nSPS) is 13.3. The van der Waals surface area contributed by atoms with Crippen LogP contribution in [-0.4, -0.2) is 24.8 Å². The van der Waals surface area contributed by atoms with Crippen LogP contribution in [0.1, 0.15) is 24.1 Å². The molecule has 0 saturated heterocycles. The number of aryl methyl sites for hydroxylation is 1. The summed E-state index contributed by atoms with van der Waals surface area (Å²) in [5.74, 6) is 0. The Kier molecular flexibility index (Phi) is 4.39. The average Bonchev–Trinajstić information content (AvgIpc) is 2.61. The van der Waals surface area contributed by atoms with Gasteiger partial charge in [0.25, 0.3) is 0 Å². The zero-order valence-corrected chi connectivity index (χ0v) is 14.8. The lowest BCUT2D eigenvalue weighted by atomic mass is 10.1. The zero-order chi connectivity index (χ0) is 17.3. The average molecular weight is 340 g/mol. The fourth-order valence-electron chi connectivity index (χ4n) is 2.82. The second-order valence-electron chi connectivity index (χ2n) is 5.89. The summed E-state index contributed by atoms with van der Waals surface area (Å²) in [7, 11) is -2.02. The third-order valence-electron chi connectivity index (χ3n) is 4.42. The van der Waals surface area contributed by atoms with Crippen molar-refractivity contribution < 1.29 is 8.42 Å². The summed E-state index contributed by atoms with van der Waals surface area (Å²) in [5.41, 5.74) is 2.64. The lowest BCUT2D eigenvalue weighted by Gasteiger charge is -2.25. The molecule has 0 spiro atoms. The Morgan fingerprint density at radius 3 is 2.42 bits per heavy atom. The van der Waals surface area contributed by atoms with Crippen molar-refractivity contribution in [1.82, 2.24) is 9.29 Å². The van der Waals surface area contributed by atoms with Crippen molar-refractivity contribution in [3.63, 3.8) is 0 Å². The second kappa shape index (κ2) is 6.34. The van der Waals surface area contributed by atoms with Gasteiger partial charge in [-0.3, -0.25) is 4.98 Å². The summed E-state index contributed by atoms with van der Waals surface area (Å²) in [4.78, 5) is 4.63. The van der Waals surface area contributed by atoms with Crippen molar-refractivity contribution in [2.75, 3.05) is 7.05 Å². The van der Waals surface area contributed by atoms with E-state index in [9.17, 15) is 8.42 Å². The third kappa shape index (κ3) is 2.81. The zero-order valence-electron chi connectivity index (χ0n) is 14.0. The molecule has 3 aromatic rings. The van der Waals surface area contributed by atoms with E-state index >= 15 is 0 Å². The summed E-state index contributed by atoms with van der Waals surface area (Å²) >= 11 is 0. The Morgan fingerprint density at radius 1 is 1.00 bits per heavy atom. The molecule has 4 nitrogen and oxygen atoms in total. The van der Waals surface area contributed by atoms with Gasteiger partial charge in [-0.15, -0.1) is 0 Å². The fourth-order valence-corrected chi connectivity index (χ4v) is 4.35. The monoisotopic (exact) mass is 340 g/mol. The summed E-state index contributed by atoms with van der Waals surface area (Å²) in [6.45, 7) is 3.82. The minimum absolute atomic E-state index is 0.260. The minimum Gasteiger partial charge on any atom is -0.256 e. The Bertz CT molecular complexity index is 969. The fraction of sp³-hybridized carbons (Fsp3) is 0.211. The van der Waals surface area contributed by atoms with Crippen molar-refractivity contribution in [3.8, 4) is 0 Å². The number of hydrogen-bond acceptors (Lipinski definition) is 3. The summed E-state index contributed by atoms with van der Waals surface area (Å²) in [6, 6.07) is 16.4. The molecule has 0 radical (unpaired) electrons. The van der Waals surface area contributed by atoms with Crippen molar-refractivity contribution >= 4 is 20.9 Å². The quantitative estimate of drug-likeness (QED) is 0.723. The van der Waals surface area contributed by atoms with Gasteiger partial charge in [0.1, 0.15) is 0 Å². The van der Waals surface area contributed by atoms with Crippen LogP contribution in [0.3, 0.4) is 0 Å². The lowest BCUT2D eigenvalue weighted by molar-refractivity contribution is 0.399. The van der Waals surface area contributed by atoms with Gasteiger partial charge in [0.05, 0.1) is 10.4 Å². The number of rotatable bonds is 4. The standard InChI is InChI=1S/C19H20N2O2S/c1-14-11-12-18(17-10-7-13-20-19(14)17)24(22,23)21(3)15(2)16-8-5-4-6-9-16/h4-13,15H,1-3H3. The molecule has 5 heteroatoms. The Balaban J connectivity index is 2.10. The molecule has 0 aliphatic heterocycles. The van der Waals surface area contributed by atoms with Crippen LogP contribution in [0.15, 0.2) is 65.7 Å². The first kappa shape index (κ1) is 16.6. The molecule has 1 atom stereocenters. The van der Waals surface area contributed by atoms with Crippen molar-refractivity contribution in [3.05, 3.63) is 71.9 Å². The molecule has 2 aromatic carbocycles. The maximum atomic E-state index is 13.2. The highest BCUT2D eigenvalue weighted by atomic mass is 32.2. The topological polar surface area (TPSA) is 50.3 Å². The van der Waals surface area contributed by atoms with Gasteiger partial charge < -0.3 is 0 Å². The van der Waals surface area contributed by atoms with Crippen LogP contribution in [0.5, 0.6) is 0 Å². The number of aromatic nitrogens is 1. The Labute approximate surface area is 142 Å². The van der Waals surface area contributed by atoms with E-state index in [2.05, 4.69) is 4.98 Å². The van der Waals surface area contributed by atoms with E-state index < -0.39 is 10.0 Å². The van der Waals surface area contributed by atoms with Gasteiger partial charge in [-0.05, 0) is 43.2 Å². The van der Waals surface area contributed by atoms with E-state index in [0.29, 0.717) is 10.3 Å². The number of nitrogens with zero attached hydrogens (tertiary/aromatic N) is 2. The molecule has 0 N–H and O–H groups in total. The number of hydrogen-bond donors (Lipinski definition) is 0. The molecular weight excluding hydrogens is 320 g/mol. The number of benzene rings is 2. The highest BCUT2D eigenvalue weighted by molar-refractivity contribution is 7.89. The van der Waals surface area contributed by atoms with Crippen LogP contribution in [0.25, 0.3) is 10.9 Å². The number of sulfonamides is 1. The van der Waals surface area contributed by atoms with Gasteiger partial charge in [-0.25, -0.2) is 8.42 Å². The highest BCUT2D eigenvalue weighted by Crippen LogP contribution is 2.30. The summed E-state index contributed by atoms with van der Waals surface area (Å²) in [5, 5.41) is 0.657. The van der Waals surface area contributed by atoms with Gasteiger partial charge in [0, 0.05) is 24.7 Å². The molecule has 1 heterocycles. The molecule has 0 aliphatic carbocycles. The van der Waals surface area contributed by atoms with E-state index in [-0.39, 0.29) is 6.04 Å². The van der Waals surface area contributed by atoms with Crippen molar-refractivity contribution in [2.24, 2.45) is 0 Å². The van der Waals surface area contributed by atoms with Gasteiger partial charge in [-0.2, -0.15) is 4.31 Å². The summed E-state index contributed by atoms with van der Waals surface area (Å²) in [6.07, 6.45) is 1.68. The molecular formula is C19H20N2O2S. The first-order chi connectivity index (χ1) is 11.4. The SMILES string of the molecule is Cc1ccc(S(=O)(=O)N(C)C(C)c2ccccc2)c2cccnc12. The molecule has 1 aromatic heterocycles. The molecule has 0 bridgehead atoms. The predicted octanol–water partition coefficient (Wildman–Crippen LogP) is 3.92. The maximum Gasteiger partial charge on any atom is 0.244 e. The van der Waals surface area contributed by atoms with E-state index in [0.717, 1.165) is 16.6 Å². The van der Waals surface area contributed by atoms with E-state index in [1.165, 1.54) is 4.31 Å². The Morgan fingerprint density at radius 2 is 1.71 bits per heavy atom. The molecule has 0 amide bonds. The predicted molar refractivity (Wildman–Crippen MR) is 96.3 cm³/mol. The van der Waals surface area contributed by atoms with Gasteiger partial charge >= 0.3 is 0 Å². The third-order valence-corrected chi connectivity index (χ3v) is 6.40. The van der Waals surface area contributed by atoms with Gasteiger partial charge in [0.15, 0.2) is 0 Å². The van der Waals surface area contributed by atoms with E-state index in [1.54, 1.807) is 25.4 Å². The van der Waals surface area contributed by atoms with Crippen molar-refractivity contribution in [1.29, 1.82) is 0 Å². The second-order valence-corrected chi connectivity index (χ2v) is 7.85. The highest BCUT2D eigenvalue weighted by Gasteiger charge is 2.28. The number of fused-ring (bicyclic) bond motifs is 1. The van der Waals surface area contributed by atoms with Crippen LogP contribution in [0.4, 0.5) is 0 Å². The van der Waals surface area contributed by atoms with E-state index in [4.69, 9.17) is 0 Å².